The number of methoxy groups -OCH3 is 2. The van der Waals surface area contributed by atoms with Crippen molar-refractivity contribution in [1.82, 2.24) is 14.9 Å². The zero-order valence-electron chi connectivity index (χ0n) is 28.8. The molecule has 8 nitrogen and oxygen atoms in total. The Labute approximate surface area is 289 Å². The van der Waals surface area contributed by atoms with Gasteiger partial charge in [-0.2, -0.15) is 0 Å². The normalized spacial score (nSPS) is 13.6. The quantitative estimate of drug-likeness (QED) is 0.141. The summed E-state index contributed by atoms with van der Waals surface area (Å²) in [5, 5.41) is 0. The summed E-state index contributed by atoms with van der Waals surface area (Å²) in [5.41, 5.74) is 6.42. The standard InChI is InChI=1S/C39H37N3O5.C2H6/c1-27-20-35(44-2)37(46-25-28-10-6-4-7-11-28)21-30(27)14-15-34-32-23-36(45-3)38(47-26-29-12-8-5-9-13-29)22-31(32)16-19-42(34)39(43)33-24-40-17-18-41-33;1-2/h4-15,17-18,20-24,34H,16,19,25-26H2,1-3H3;1-2H3/b15-14+;. The molecule has 1 amide bonds. The summed E-state index contributed by atoms with van der Waals surface area (Å²) < 4.78 is 23.9. The van der Waals surface area contributed by atoms with Gasteiger partial charge in [-0.3, -0.25) is 9.78 Å². The van der Waals surface area contributed by atoms with Crippen LogP contribution >= 0.6 is 0 Å². The highest BCUT2D eigenvalue weighted by molar-refractivity contribution is 5.92. The lowest BCUT2D eigenvalue weighted by Gasteiger charge is -2.36. The van der Waals surface area contributed by atoms with E-state index in [0.717, 1.165) is 33.4 Å². The molecule has 2 heterocycles. The number of hydrogen-bond acceptors (Lipinski definition) is 7. The van der Waals surface area contributed by atoms with Crippen molar-refractivity contribution in [2.24, 2.45) is 0 Å². The van der Waals surface area contributed by atoms with Gasteiger partial charge in [0, 0.05) is 18.9 Å². The van der Waals surface area contributed by atoms with E-state index in [0.29, 0.717) is 54.9 Å². The Morgan fingerprint density at radius 2 is 1.43 bits per heavy atom. The van der Waals surface area contributed by atoms with Crippen LogP contribution in [0.3, 0.4) is 0 Å². The highest BCUT2D eigenvalue weighted by atomic mass is 16.5. The molecule has 6 rings (SSSR count). The molecule has 0 radical (unpaired) electrons. The van der Waals surface area contributed by atoms with Gasteiger partial charge in [0.05, 0.1) is 26.5 Å². The fourth-order valence-electron chi connectivity index (χ4n) is 5.72. The molecule has 8 heteroatoms. The number of hydrogen-bond donors (Lipinski definition) is 0. The molecule has 0 aliphatic carbocycles. The monoisotopic (exact) mass is 657 g/mol. The van der Waals surface area contributed by atoms with Gasteiger partial charge in [0.1, 0.15) is 18.9 Å². The molecule has 0 fully saturated rings. The molecule has 0 saturated heterocycles. The first kappa shape index (κ1) is 34.7. The van der Waals surface area contributed by atoms with Crippen molar-refractivity contribution >= 4 is 12.0 Å². The van der Waals surface area contributed by atoms with E-state index >= 15 is 0 Å². The lowest BCUT2D eigenvalue weighted by atomic mass is 9.90. The molecule has 0 saturated carbocycles. The number of benzene rings is 4. The molecule has 1 atom stereocenters. The predicted molar refractivity (Wildman–Crippen MR) is 192 cm³/mol. The van der Waals surface area contributed by atoms with Crippen LogP contribution < -0.4 is 18.9 Å². The van der Waals surface area contributed by atoms with Crippen LogP contribution in [0.4, 0.5) is 0 Å². The van der Waals surface area contributed by atoms with E-state index in [1.165, 1.54) is 12.4 Å². The maximum absolute atomic E-state index is 13.8. The number of ether oxygens (including phenoxy) is 4. The van der Waals surface area contributed by atoms with Gasteiger partial charge < -0.3 is 23.8 Å². The number of fused-ring (bicyclic) bond motifs is 1. The van der Waals surface area contributed by atoms with Gasteiger partial charge in [0.15, 0.2) is 23.0 Å². The Kier molecular flexibility index (Phi) is 12.0. The zero-order valence-corrected chi connectivity index (χ0v) is 28.8. The van der Waals surface area contributed by atoms with Gasteiger partial charge in [-0.1, -0.05) is 86.7 Å². The first-order valence-corrected chi connectivity index (χ1v) is 16.5. The second kappa shape index (κ2) is 17.0. The van der Waals surface area contributed by atoms with Crippen LogP contribution in [0, 0.1) is 6.92 Å². The Balaban J connectivity index is 0.00000230. The van der Waals surface area contributed by atoms with Crippen molar-refractivity contribution < 1.29 is 23.7 Å². The molecule has 1 aliphatic heterocycles. The van der Waals surface area contributed by atoms with Gasteiger partial charge in [-0.15, -0.1) is 0 Å². The van der Waals surface area contributed by atoms with E-state index in [4.69, 9.17) is 18.9 Å². The first-order chi connectivity index (χ1) is 24.0. The molecule has 0 N–H and O–H groups in total. The minimum Gasteiger partial charge on any atom is -0.493 e. The van der Waals surface area contributed by atoms with Crippen molar-refractivity contribution in [2.45, 2.75) is 46.4 Å². The van der Waals surface area contributed by atoms with Crippen LogP contribution in [-0.4, -0.2) is 41.5 Å². The summed E-state index contributed by atoms with van der Waals surface area (Å²) in [6.07, 6.45) is 9.33. The van der Waals surface area contributed by atoms with Gasteiger partial charge in [-0.05, 0) is 71.0 Å². The van der Waals surface area contributed by atoms with Gasteiger partial charge >= 0.3 is 0 Å². The Hall–Kier alpha value is -5.63. The smallest absolute Gasteiger partial charge is 0.274 e. The van der Waals surface area contributed by atoms with E-state index in [1.807, 2.05) is 123 Å². The molecule has 1 unspecified atom stereocenters. The molecule has 1 aromatic heterocycles. The van der Waals surface area contributed by atoms with Crippen LogP contribution in [0.25, 0.3) is 6.08 Å². The molecule has 252 valence electrons. The second-order valence-corrected chi connectivity index (χ2v) is 11.3. The van der Waals surface area contributed by atoms with E-state index in [-0.39, 0.29) is 5.91 Å². The Bertz CT molecular complexity index is 1850. The summed E-state index contributed by atoms with van der Waals surface area (Å²) in [6, 6.07) is 27.6. The molecule has 0 spiro atoms. The first-order valence-electron chi connectivity index (χ1n) is 16.5. The molecular formula is C41H43N3O5. The number of aromatic nitrogens is 2. The Morgan fingerprint density at radius 3 is 2.02 bits per heavy atom. The van der Waals surface area contributed by atoms with E-state index in [2.05, 4.69) is 9.97 Å². The van der Waals surface area contributed by atoms with Crippen LogP contribution in [0.5, 0.6) is 23.0 Å². The summed E-state index contributed by atoms with van der Waals surface area (Å²) in [7, 11) is 3.27. The minimum absolute atomic E-state index is 0.194. The predicted octanol–water partition coefficient (Wildman–Crippen LogP) is 8.44. The van der Waals surface area contributed by atoms with E-state index in [1.54, 1.807) is 20.4 Å². The summed E-state index contributed by atoms with van der Waals surface area (Å²) in [6.45, 7) is 7.35. The number of aryl methyl sites for hydroxylation is 1. The van der Waals surface area contributed by atoms with Crippen LogP contribution in [0.15, 0.2) is 110 Å². The SMILES string of the molecule is CC.COc1cc(C)c(/C=C/C2c3cc(OC)c(OCc4ccccc4)cc3CCN2C(=O)c2cnccn2)cc1OCc1ccccc1. The zero-order chi connectivity index (χ0) is 34.6. The minimum atomic E-state index is -0.402. The van der Waals surface area contributed by atoms with Gasteiger partial charge in [0.2, 0.25) is 0 Å². The number of amides is 1. The largest absolute Gasteiger partial charge is 0.493 e. The number of rotatable bonds is 11. The third-order valence-corrected chi connectivity index (χ3v) is 8.23. The number of nitrogens with zero attached hydrogens (tertiary/aromatic N) is 3. The topological polar surface area (TPSA) is 83.0 Å². The number of carbonyl (C=O) groups is 1. The Morgan fingerprint density at radius 1 is 0.816 bits per heavy atom. The highest BCUT2D eigenvalue weighted by Gasteiger charge is 2.32. The van der Waals surface area contributed by atoms with Crippen molar-refractivity contribution in [3.05, 3.63) is 149 Å². The maximum Gasteiger partial charge on any atom is 0.274 e. The van der Waals surface area contributed by atoms with Crippen molar-refractivity contribution in [3.63, 3.8) is 0 Å². The van der Waals surface area contributed by atoms with Crippen molar-refractivity contribution in [3.8, 4) is 23.0 Å². The molecule has 49 heavy (non-hydrogen) atoms. The average Bonchev–Trinajstić information content (AvgIpc) is 3.17. The molecule has 0 bridgehead atoms. The third-order valence-electron chi connectivity index (χ3n) is 8.23. The van der Waals surface area contributed by atoms with E-state index in [9.17, 15) is 4.79 Å². The molecule has 4 aromatic carbocycles. The van der Waals surface area contributed by atoms with Crippen LogP contribution in [0.1, 0.15) is 63.8 Å². The lowest BCUT2D eigenvalue weighted by Crippen LogP contribution is -2.39. The van der Waals surface area contributed by atoms with Crippen molar-refractivity contribution in [1.29, 1.82) is 0 Å². The van der Waals surface area contributed by atoms with Crippen LogP contribution in [0.2, 0.25) is 0 Å². The van der Waals surface area contributed by atoms with E-state index < -0.39 is 6.04 Å². The van der Waals surface area contributed by atoms with Gasteiger partial charge in [-0.25, -0.2) is 4.98 Å². The lowest BCUT2D eigenvalue weighted by molar-refractivity contribution is 0.0694. The van der Waals surface area contributed by atoms with Gasteiger partial charge in [0.25, 0.3) is 5.91 Å². The molecule has 5 aromatic rings. The molecular weight excluding hydrogens is 614 g/mol. The summed E-state index contributed by atoms with van der Waals surface area (Å²) in [4.78, 5) is 24.1. The third kappa shape index (κ3) is 8.46. The summed E-state index contributed by atoms with van der Waals surface area (Å²) in [5.74, 6) is 2.37. The summed E-state index contributed by atoms with van der Waals surface area (Å²) >= 11 is 0. The molecule has 1 aliphatic rings. The highest BCUT2D eigenvalue weighted by Crippen LogP contribution is 2.40. The van der Waals surface area contributed by atoms with Crippen molar-refractivity contribution in [2.75, 3.05) is 20.8 Å². The fraction of sp³-hybridized carbons (Fsp3) is 0.244. The fourth-order valence-corrected chi connectivity index (χ4v) is 5.72. The average molecular weight is 658 g/mol. The number of carbonyl (C=O) groups excluding carboxylic acids is 1. The van der Waals surface area contributed by atoms with Crippen LogP contribution in [-0.2, 0) is 19.6 Å². The maximum atomic E-state index is 13.8. The second-order valence-electron chi connectivity index (χ2n) is 11.3.